The summed E-state index contributed by atoms with van der Waals surface area (Å²) in [6, 6.07) is 5.27. The van der Waals surface area contributed by atoms with Crippen LogP contribution in [0, 0.1) is 0 Å². The summed E-state index contributed by atoms with van der Waals surface area (Å²) in [5.41, 5.74) is 0.415. The van der Waals surface area contributed by atoms with E-state index in [1.807, 2.05) is 6.07 Å². The molecule has 2 aromatic rings. The predicted molar refractivity (Wildman–Crippen MR) is 59.8 cm³/mol. The average Bonchev–Trinajstić information content (AvgIpc) is 2.23. The van der Waals surface area contributed by atoms with Crippen molar-refractivity contribution in [2.75, 3.05) is 0 Å². The number of rotatable bonds is 2. The Kier molecular flexibility index (Phi) is 2.64. The highest BCUT2D eigenvalue weighted by Gasteiger charge is 2.05. The molecule has 15 heavy (non-hydrogen) atoms. The van der Waals surface area contributed by atoms with Crippen molar-refractivity contribution < 1.29 is 4.79 Å². The lowest BCUT2D eigenvalue weighted by Crippen LogP contribution is -2.21. The fourth-order valence-electron chi connectivity index (χ4n) is 1.36. The van der Waals surface area contributed by atoms with Gasteiger partial charge < -0.3 is 4.79 Å². The number of para-hydroxylation sites is 1. The van der Waals surface area contributed by atoms with E-state index in [2.05, 4.69) is 20.9 Å². The monoisotopic (exact) mass is 266 g/mol. The van der Waals surface area contributed by atoms with Crippen LogP contribution in [0.4, 0.5) is 0 Å². The van der Waals surface area contributed by atoms with Gasteiger partial charge in [0.25, 0.3) is 5.56 Å². The number of fused-ring (bicyclic) bond motifs is 1. The third-order valence-electron chi connectivity index (χ3n) is 2.08. The van der Waals surface area contributed by atoms with Gasteiger partial charge in [0.05, 0.1) is 23.8 Å². The maximum Gasteiger partial charge on any atom is 0.261 e. The zero-order valence-electron chi connectivity index (χ0n) is 7.68. The van der Waals surface area contributed by atoms with Gasteiger partial charge in [-0.1, -0.05) is 6.07 Å². The van der Waals surface area contributed by atoms with Crippen molar-refractivity contribution in [3.05, 3.63) is 39.4 Å². The second-order valence-electron chi connectivity index (χ2n) is 3.00. The number of aldehydes is 1. The number of carbonyl (C=O) groups is 1. The summed E-state index contributed by atoms with van der Waals surface area (Å²) in [4.78, 5) is 26.3. The van der Waals surface area contributed by atoms with E-state index in [1.54, 1.807) is 12.1 Å². The largest absolute Gasteiger partial charge is 0.301 e. The second kappa shape index (κ2) is 3.94. The maximum atomic E-state index is 11.8. The van der Waals surface area contributed by atoms with E-state index < -0.39 is 0 Å². The molecule has 0 unspecified atom stereocenters. The summed E-state index contributed by atoms with van der Waals surface area (Å²) in [6.45, 7) is 0.0360. The van der Waals surface area contributed by atoms with Crippen molar-refractivity contribution in [2.24, 2.45) is 0 Å². The van der Waals surface area contributed by atoms with E-state index in [4.69, 9.17) is 0 Å². The molecule has 0 saturated heterocycles. The SMILES string of the molecule is O=CCn1cnc2c(Br)cccc2c1=O. The first-order valence-corrected chi connectivity index (χ1v) is 5.10. The lowest BCUT2D eigenvalue weighted by Gasteiger charge is -2.03. The minimum absolute atomic E-state index is 0.0360. The first-order chi connectivity index (χ1) is 7.24. The molecule has 2 rings (SSSR count). The van der Waals surface area contributed by atoms with Gasteiger partial charge in [-0.15, -0.1) is 0 Å². The van der Waals surface area contributed by atoms with Gasteiger partial charge in [-0.2, -0.15) is 0 Å². The first-order valence-electron chi connectivity index (χ1n) is 4.31. The van der Waals surface area contributed by atoms with E-state index in [0.717, 1.165) is 4.47 Å². The third-order valence-corrected chi connectivity index (χ3v) is 2.72. The van der Waals surface area contributed by atoms with Gasteiger partial charge in [0.15, 0.2) is 0 Å². The van der Waals surface area contributed by atoms with Gasteiger partial charge in [0.1, 0.15) is 6.29 Å². The zero-order valence-corrected chi connectivity index (χ0v) is 9.27. The van der Waals surface area contributed by atoms with Gasteiger partial charge in [-0.3, -0.25) is 9.36 Å². The van der Waals surface area contributed by atoms with Gasteiger partial charge in [-0.25, -0.2) is 4.98 Å². The molecule has 5 heteroatoms. The van der Waals surface area contributed by atoms with Crippen LogP contribution in [0.2, 0.25) is 0 Å². The molecule has 0 bridgehead atoms. The molecule has 1 heterocycles. The Morgan fingerprint density at radius 3 is 3.00 bits per heavy atom. The summed E-state index contributed by atoms with van der Waals surface area (Å²) < 4.78 is 2.05. The van der Waals surface area contributed by atoms with Gasteiger partial charge in [0.2, 0.25) is 0 Å². The van der Waals surface area contributed by atoms with Crippen LogP contribution < -0.4 is 5.56 Å². The molecule has 0 radical (unpaired) electrons. The molecule has 0 aliphatic rings. The zero-order chi connectivity index (χ0) is 10.8. The van der Waals surface area contributed by atoms with Crippen molar-refractivity contribution in [3.63, 3.8) is 0 Å². The Balaban J connectivity index is 2.80. The summed E-state index contributed by atoms with van der Waals surface area (Å²) in [7, 11) is 0. The van der Waals surface area contributed by atoms with Crippen LogP contribution in [-0.2, 0) is 11.3 Å². The van der Waals surface area contributed by atoms with Crippen LogP contribution in [0.5, 0.6) is 0 Å². The number of halogens is 1. The number of aromatic nitrogens is 2. The Morgan fingerprint density at radius 2 is 2.27 bits per heavy atom. The number of benzene rings is 1. The van der Waals surface area contributed by atoms with Crippen LogP contribution in [0.25, 0.3) is 10.9 Å². The second-order valence-corrected chi connectivity index (χ2v) is 3.86. The van der Waals surface area contributed by atoms with Gasteiger partial charge in [0, 0.05) is 4.47 Å². The maximum absolute atomic E-state index is 11.8. The lowest BCUT2D eigenvalue weighted by molar-refractivity contribution is -0.108. The highest BCUT2D eigenvalue weighted by atomic mass is 79.9. The number of carbonyl (C=O) groups excluding carboxylic acids is 1. The normalized spacial score (nSPS) is 10.5. The molecule has 0 amide bonds. The van der Waals surface area contributed by atoms with Crippen LogP contribution in [0.1, 0.15) is 0 Å². The molecule has 0 aliphatic carbocycles. The summed E-state index contributed by atoms with van der Waals surface area (Å²) in [6.07, 6.45) is 2.05. The Morgan fingerprint density at radius 1 is 1.47 bits per heavy atom. The van der Waals surface area contributed by atoms with Crippen molar-refractivity contribution in [3.8, 4) is 0 Å². The fourth-order valence-corrected chi connectivity index (χ4v) is 1.83. The third kappa shape index (κ3) is 1.70. The molecular formula is C10H7BrN2O2. The van der Waals surface area contributed by atoms with Gasteiger partial charge in [-0.05, 0) is 28.1 Å². The highest BCUT2D eigenvalue weighted by Crippen LogP contribution is 2.18. The molecule has 0 N–H and O–H groups in total. The molecule has 0 fully saturated rings. The van der Waals surface area contributed by atoms with Crippen molar-refractivity contribution in [1.29, 1.82) is 0 Å². The average molecular weight is 267 g/mol. The van der Waals surface area contributed by atoms with Crippen LogP contribution in [0.3, 0.4) is 0 Å². The van der Waals surface area contributed by atoms with Crippen molar-refractivity contribution >= 4 is 33.1 Å². The molecule has 0 spiro atoms. The minimum atomic E-state index is -0.201. The standard InChI is InChI=1S/C10H7BrN2O2/c11-8-3-1-2-7-9(8)12-6-13(4-5-14)10(7)15/h1-3,5-6H,4H2. The van der Waals surface area contributed by atoms with Crippen molar-refractivity contribution in [2.45, 2.75) is 6.54 Å². The summed E-state index contributed by atoms with van der Waals surface area (Å²) >= 11 is 3.31. The quantitative estimate of drug-likeness (QED) is 0.772. The molecule has 0 aliphatic heterocycles. The highest BCUT2D eigenvalue weighted by molar-refractivity contribution is 9.10. The van der Waals surface area contributed by atoms with E-state index in [9.17, 15) is 9.59 Å². The van der Waals surface area contributed by atoms with Crippen LogP contribution in [-0.4, -0.2) is 15.8 Å². The van der Waals surface area contributed by atoms with Gasteiger partial charge >= 0.3 is 0 Å². The number of hydrogen-bond donors (Lipinski definition) is 0. The van der Waals surface area contributed by atoms with Crippen molar-refractivity contribution in [1.82, 2.24) is 9.55 Å². The molecule has 1 aromatic carbocycles. The first kappa shape index (κ1) is 10.0. The van der Waals surface area contributed by atoms with E-state index >= 15 is 0 Å². The smallest absolute Gasteiger partial charge is 0.261 e. The van der Waals surface area contributed by atoms with E-state index in [-0.39, 0.29) is 12.1 Å². The predicted octanol–water partition coefficient (Wildman–Crippen LogP) is 1.36. The van der Waals surface area contributed by atoms with E-state index in [0.29, 0.717) is 17.2 Å². The Hall–Kier alpha value is -1.49. The Bertz CT molecular complexity index is 577. The minimum Gasteiger partial charge on any atom is -0.301 e. The molecule has 4 nitrogen and oxygen atoms in total. The number of nitrogens with zero attached hydrogens (tertiary/aromatic N) is 2. The Labute approximate surface area is 93.7 Å². The number of hydrogen-bond acceptors (Lipinski definition) is 3. The lowest BCUT2D eigenvalue weighted by atomic mass is 10.2. The van der Waals surface area contributed by atoms with Crippen LogP contribution >= 0.6 is 15.9 Å². The molecule has 0 saturated carbocycles. The summed E-state index contributed by atoms with van der Waals surface area (Å²) in [5.74, 6) is 0. The topological polar surface area (TPSA) is 52.0 Å². The molecule has 0 atom stereocenters. The molecule has 76 valence electrons. The molecule has 1 aromatic heterocycles. The van der Waals surface area contributed by atoms with E-state index in [1.165, 1.54) is 10.9 Å². The van der Waals surface area contributed by atoms with Crippen LogP contribution in [0.15, 0.2) is 33.8 Å². The summed E-state index contributed by atoms with van der Waals surface area (Å²) in [5, 5.41) is 0.508. The fraction of sp³-hybridized carbons (Fsp3) is 0.100. The molecular weight excluding hydrogens is 260 g/mol.